The smallest absolute Gasteiger partial charge is 0.163 e. The van der Waals surface area contributed by atoms with E-state index in [0.717, 1.165) is 37.8 Å². The van der Waals surface area contributed by atoms with Gasteiger partial charge in [-0.1, -0.05) is 0 Å². The minimum atomic E-state index is 0.535. The number of hydrogen-bond donors (Lipinski definition) is 1. The first kappa shape index (κ1) is 12.8. The Bertz CT molecular complexity index is 418. The summed E-state index contributed by atoms with van der Waals surface area (Å²) in [4.78, 5) is 6.42. The predicted molar refractivity (Wildman–Crippen MR) is 72.4 cm³/mol. The van der Waals surface area contributed by atoms with Crippen LogP contribution in [0.1, 0.15) is 25.5 Å². The first-order valence-corrected chi connectivity index (χ1v) is 6.66. The first-order chi connectivity index (χ1) is 8.85. The molecule has 0 radical (unpaired) electrons. The maximum atomic E-state index is 9.12. The lowest BCUT2D eigenvalue weighted by Gasteiger charge is -2.31. The Morgan fingerprint density at radius 2 is 2.28 bits per heavy atom. The van der Waals surface area contributed by atoms with Crippen molar-refractivity contribution >= 4 is 5.69 Å². The van der Waals surface area contributed by atoms with Crippen LogP contribution >= 0.6 is 0 Å². The second kappa shape index (κ2) is 6.36. The molecule has 0 saturated carbocycles. The molecule has 1 fully saturated rings. The number of anilines is 1. The lowest BCUT2D eigenvalue weighted by Crippen LogP contribution is -2.36. The number of nitrogens with zero attached hydrogens (tertiary/aromatic N) is 3. The Morgan fingerprint density at radius 3 is 2.94 bits per heavy atom. The van der Waals surface area contributed by atoms with Crippen LogP contribution in [0.5, 0.6) is 0 Å². The van der Waals surface area contributed by atoms with Gasteiger partial charge in [0.05, 0.1) is 5.69 Å². The van der Waals surface area contributed by atoms with E-state index in [1.807, 2.05) is 12.1 Å². The third-order valence-electron chi connectivity index (χ3n) is 3.55. The van der Waals surface area contributed by atoms with Crippen LogP contribution in [-0.2, 0) is 0 Å². The van der Waals surface area contributed by atoms with Crippen LogP contribution in [0.25, 0.3) is 0 Å². The molecule has 0 atom stereocenters. The van der Waals surface area contributed by atoms with Crippen LogP contribution in [0.3, 0.4) is 0 Å². The zero-order chi connectivity index (χ0) is 12.8. The van der Waals surface area contributed by atoms with Gasteiger partial charge in [0, 0.05) is 19.3 Å². The third-order valence-corrected chi connectivity index (χ3v) is 3.55. The molecule has 4 nitrogen and oxygen atoms in total. The third kappa shape index (κ3) is 2.99. The number of nitrogens with one attached hydrogen (secondary N) is 1. The van der Waals surface area contributed by atoms with Crippen LogP contribution in [0.4, 0.5) is 5.69 Å². The summed E-state index contributed by atoms with van der Waals surface area (Å²) >= 11 is 0. The average molecular weight is 244 g/mol. The van der Waals surface area contributed by atoms with Gasteiger partial charge in [0.1, 0.15) is 6.07 Å². The van der Waals surface area contributed by atoms with E-state index in [0.29, 0.717) is 5.69 Å². The van der Waals surface area contributed by atoms with Gasteiger partial charge in [-0.25, -0.2) is 4.98 Å². The van der Waals surface area contributed by atoms with Gasteiger partial charge in [-0.15, -0.1) is 0 Å². The molecule has 1 aromatic rings. The molecule has 0 aromatic carbocycles. The quantitative estimate of drug-likeness (QED) is 0.877. The number of aromatic nitrogens is 1. The highest BCUT2D eigenvalue weighted by Crippen LogP contribution is 2.21. The summed E-state index contributed by atoms with van der Waals surface area (Å²) in [6, 6.07) is 6.08. The van der Waals surface area contributed by atoms with Crippen molar-refractivity contribution in [2.45, 2.75) is 19.8 Å². The van der Waals surface area contributed by atoms with Crippen LogP contribution in [-0.4, -0.2) is 31.2 Å². The molecular formula is C14H20N4. The van der Waals surface area contributed by atoms with E-state index >= 15 is 0 Å². The van der Waals surface area contributed by atoms with Crippen molar-refractivity contribution in [2.75, 3.05) is 31.1 Å². The average Bonchev–Trinajstić information content (AvgIpc) is 2.46. The van der Waals surface area contributed by atoms with Crippen molar-refractivity contribution < 1.29 is 0 Å². The van der Waals surface area contributed by atoms with Gasteiger partial charge in [0.15, 0.2) is 5.69 Å². The molecule has 18 heavy (non-hydrogen) atoms. The van der Waals surface area contributed by atoms with Crippen molar-refractivity contribution in [3.05, 3.63) is 24.0 Å². The first-order valence-electron chi connectivity index (χ1n) is 6.66. The predicted octanol–water partition coefficient (Wildman–Crippen LogP) is 1.78. The Labute approximate surface area is 109 Å². The highest BCUT2D eigenvalue weighted by molar-refractivity contribution is 5.55. The Balaban J connectivity index is 2.10. The Morgan fingerprint density at radius 1 is 1.50 bits per heavy atom. The van der Waals surface area contributed by atoms with Crippen LogP contribution < -0.4 is 10.2 Å². The standard InChI is InChI=1S/C14H20N4/c1-2-18(11-12-5-8-16-9-6-12)14-4-3-7-17-13(14)10-15/h3-4,7,12,16H,2,5-6,8-9,11H2,1H3. The minimum absolute atomic E-state index is 0.535. The molecule has 0 spiro atoms. The normalized spacial score (nSPS) is 16.2. The van der Waals surface area contributed by atoms with Crippen molar-refractivity contribution in [3.8, 4) is 6.07 Å². The zero-order valence-electron chi connectivity index (χ0n) is 10.9. The molecule has 0 aliphatic carbocycles. The lowest BCUT2D eigenvalue weighted by atomic mass is 9.97. The fraction of sp³-hybridized carbons (Fsp3) is 0.571. The van der Waals surface area contributed by atoms with Gasteiger partial charge in [-0.2, -0.15) is 5.26 Å². The molecule has 4 heteroatoms. The summed E-state index contributed by atoms with van der Waals surface area (Å²) in [5, 5.41) is 12.5. The summed E-state index contributed by atoms with van der Waals surface area (Å²) in [6.07, 6.45) is 4.12. The number of pyridine rings is 1. The molecule has 1 aliphatic heterocycles. The van der Waals surface area contributed by atoms with Gasteiger partial charge >= 0.3 is 0 Å². The Hall–Kier alpha value is -1.60. The largest absolute Gasteiger partial charge is 0.369 e. The lowest BCUT2D eigenvalue weighted by molar-refractivity contribution is 0.374. The molecule has 0 amide bonds. The molecule has 2 heterocycles. The number of rotatable bonds is 4. The molecule has 1 aliphatic rings. The van der Waals surface area contributed by atoms with E-state index in [9.17, 15) is 0 Å². The van der Waals surface area contributed by atoms with Crippen molar-refractivity contribution in [1.29, 1.82) is 5.26 Å². The van der Waals surface area contributed by atoms with E-state index in [1.165, 1.54) is 12.8 Å². The van der Waals surface area contributed by atoms with Gasteiger partial charge in [0.2, 0.25) is 0 Å². The topological polar surface area (TPSA) is 52.0 Å². The molecule has 96 valence electrons. The second-order valence-corrected chi connectivity index (χ2v) is 4.71. The molecule has 1 aromatic heterocycles. The molecule has 1 saturated heterocycles. The molecule has 1 N–H and O–H groups in total. The highest BCUT2D eigenvalue weighted by Gasteiger charge is 2.18. The van der Waals surface area contributed by atoms with Crippen molar-refractivity contribution in [3.63, 3.8) is 0 Å². The number of hydrogen-bond acceptors (Lipinski definition) is 4. The van der Waals surface area contributed by atoms with E-state index in [4.69, 9.17) is 5.26 Å². The van der Waals surface area contributed by atoms with E-state index in [1.54, 1.807) is 6.20 Å². The zero-order valence-corrected chi connectivity index (χ0v) is 10.9. The van der Waals surface area contributed by atoms with Gasteiger partial charge in [-0.05, 0) is 50.9 Å². The SMILES string of the molecule is CCN(CC1CCNCC1)c1cccnc1C#N. The van der Waals surface area contributed by atoms with E-state index in [2.05, 4.69) is 28.2 Å². The van der Waals surface area contributed by atoms with Crippen molar-refractivity contribution in [1.82, 2.24) is 10.3 Å². The molecule has 0 bridgehead atoms. The summed E-state index contributed by atoms with van der Waals surface area (Å²) in [6.45, 7) is 6.30. The van der Waals surface area contributed by atoms with Crippen LogP contribution in [0.2, 0.25) is 0 Å². The fourth-order valence-corrected chi connectivity index (χ4v) is 2.51. The van der Waals surface area contributed by atoms with Crippen LogP contribution in [0, 0.1) is 17.2 Å². The summed E-state index contributed by atoms with van der Waals surface area (Å²) in [5.41, 5.74) is 1.51. The highest BCUT2D eigenvalue weighted by atomic mass is 15.1. The van der Waals surface area contributed by atoms with Gasteiger partial charge in [-0.3, -0.25) is 0 Å². The van der Waals surface area contributed by atoms with E-state index < -0.39 is 0 Å². The maximum absolute atomic E-state index is 9.12. The fourth-order valence-electron chi connectivity index (χ4n) is 2.51. The summed E-state index contributed by atoms with van der Waals surface area (Å²) in [7, 11) is 0. The summed E-state index contributed by atoms with van der Waals surface area (Å²) in [5.74, 6) is 0.720. The Kier molecular flexibility index (Phi) is 4.54. The monoisotopic (exact) mass is 244 g/mol. The van der Waals surface area contributed by atoms with Gasteiger partial charge < -0.3 is 10.2 Å². The van der Waals surface area contributed by atoms with E-state index in [-0.39, 0.29) is 0 Å². The van der Waals surface area contributed by atoms with Gasteiger partial charge in [0.25, 0.3) is 0 Å². The minimum Gasteiger partial charge on any atom is -0.369 e. The maximum Gasteiger partial charge on any atom is 0.163 e. The molecule has 0 unspecified atom stereocenters. The molecular weight excluding hydrogens is 224 g/mol. The molecule has 2 rings (SSSR count). The second-order valence-electron chi connectivity index (χ2n) is 4.71. The number of piperidine rings is 1. The van der Waals surface area contributed by atoms with Crippen LogP contribution in [0.15, 0.2) is 18.3 Å². The number of nitriles is 1. The van der Waals surface area contributed by atoms with Crippen molar-refractivity contribution in [2.24, 2.45) is 5.92 Å². The summed E-state index contributed by atoms with van der Waals surface area (Å²) < 4.78 is 0.